The molecule has 0 aromatic rings. The first kappa shape index (κ1) is 10.5. The van der Waals surface area contributed by atoms with E-state index in [-0.39, 0.29) is 6.61 Å². The fourth-order valence-corrected chi connectivity index (χ4v) is 2.40. The maximum atomic E-state index is 11.2. The number of sulfone groups is 1. The summed E-state index contributed by atoms with van der Waals surface area (Å²) in [6.07, 6.45) is 6.26. The Balaban J connectivity index is 2.32. The third kappa shape index (κ3) is 2.97. The van der Waals surface area contributed by atoms with Crippen LogP contribution in [0.2, 0.25) is 0 Å². The summed E-state index contributed by atoms with van der Waals surface area (Å²) in [5.41, 5.74) is 0. The number of hydrogen-bond donors (Lipinski definition) is 1. The predicted octanol–water partition coefficient (Wildman–Crippen LogP) is 1.37. The molecule has 1 N–H and O–H groups in total. The normalized spacial score (nSPS) is 19.0. The van der Waals surface area contributed by atoms with Crippen LogP contribution in [0.15, 0.2) is 22.5 Å². The molecule has 0 aromatic heterocycles. The molecule has 3 nitrogen and oxygen atoms in total. The molecule has 0 atom stereocenters. The molecule has 0 unspecified atom stereocenters. The highest BCUT2D eigenvalue weighted by molar-refractivity contribution is 7.98. The first-order valence-corrected chi connectivity index (χ1v) is 5.94. The Labute approximate surface area is 78.7 Å². The van der Waals surface area contributed by atoms with E-state index in [4.69, 9.17) is 5.11 Å². The Hall–Kier alpha value is -0.610. The topological polar surface area (TPSA) is 54.4 Å². The van der Waals surface area contributed by atoms with Crippen LogP contribution in [0.1, 0.15) is 25.7 Å². The van der Waals surface area contributed by atoms with Gasteiger partial charge in [0.15, 0.2) is 9.84 Å². The molecule has 0 radical (unpaired) electrons. The fraction of sp³-hybridized carbons (Fsp3) is 0.556. The van der Waals surface area contributed by atoms with Gasteiger partial charge in [0.25, 0.3) is 0 Å². The predicted molar refractivity (Wildman–Crippen MR) is 51.7 cm³/mol. The maximum Gasteiger partial charge on any atom is 0.196 e. The van der Waals surface area contributed by atoms with Crippen molar-refractivity contribution in [2.45, 2.75) is 25.7 Å². The zero-order valence-electron chi connectivity index (χ0n) is 7.44. The van der Waals surface area contributed by atoms with E-state index in [1.165, 1.54) is 5.41 Å². The van der Waals surface area contributed by atoms with Gasteiger partial charge in [-0.1, -0.05) is 6.42 Å². The van der Waals surface area contributed by atoms with Crippen molar-refractivity contribution in [1.82, 2.24) is 0 Å². The van der Waals surface area contributed by atoms with Gasteiger partial charge < -0.3 is 5.11 Å². The highest BCUT2D eigenvalue weighted by Gasteiger charge is 2.16. The van der Waals surface area contributed by atoms with Crippen molar-refractivity contribution in [1.29, 1.82) is 0 Å². The van der Waals surface area contributed by atoms with E-state index in [0.717, 1.165) is 19.3 Å². The quantitative estimate of drug-likeness (QED) is 0.685. The zero-order valence-corrected chi connectivity index (χ0v) is 8.26. The molecule has 0 saturated carbocycles. The molecule has 1 rings (SSSR count). The molecule has 0 aliphatic carbocycles. The van der Waals surface area contributed by atoms with E-state index in [0.29, 0.717) is 11.3 Å². The lowest BCUT2D eigenvalue weighted by atomic mass is 10.2. The van der Waals surface area contributed by atoms with Gasteiger partial charge in [-0.2, -0.15) is 0 Å². The Morgan fingerprint density at radius 1 is 1.23 bits per heavy atom. The van der Waals surface area contributed by atoms with Crippen molar-refractivity contribution >= 4 is 9.84 Å². The van der Waals surface area contributed by atoms with E-state index in [2.05, 4.69) is 0 Å². The van der Waals surface area contributed by atoms with Crippen molar-refractivity contribution in [3.05, 3.63) is 22.5 Å². The molecular weight excluding hydrogens is 188 g/mol. The molecule has 0 spiro atoms. The maximum absolute atomic E-state index is 11.2. The van der Waals surface area contributed by atoms with Gasteiger partial charge in [0, 0.05) is 16.9 Å². The van der Waals surface area contributed by atoms with E-state index < -0.39 is 9.84 Å². The first-order chi connectivity index (χ1) is 6.17. The Morgan fingerprint density at radius 2 is 2.00 bits per heavy atom. The molecule has 1 aliphatic rings. The summed E-state index contributed by atoms with van der Waals surface area (Å²) >= 11 is 0. The van der Waals surface area contributed by atoms with Crippen LogP contribution in [-0.2, 0) is 9.84 Å². The number of unbranched alkanes of at least 4 members (excludes halogenated alkanes) is 2. The van der Waals surface area contributed by atoms with E-state index >= 15 is 0 Å². The van der Waals surface area contributed by atoms with Crippen LogP contribution in [0, 0.1) is 0 Å². The van der Waals surface area contributed by atoms with Crippen LogP contribution in [0.4, 0.5) is 0 Å². The summed E-state index contributed by atoms with van der Waals surface area (Å²) in [6, 6.07) is 0. The molecule has 0 amide bonds. The molecular formula is C9H14O3S. The highest BCUT2D eigenvalue weighted by Crippen LogP contribution is 2.21. The summed E-state index contributed by atoms with van der Waals surface area (Å²) in [5.74, 6) is 0. The van der Waals surface area contributed by atoms with E-state index in [1.54, 1.807) is 12.2 Å². The fourth-order valence-electron chi connectivity index (χ4n) is 1.25. The highest BCUT2D eigenvalue weighted by atomic mass is 32.2. The van der Waals surface area contributed by atoms with Gasteiger partial charge in [-0.3, -0.25) is 0 Å². The van der Waals surface area contributed by atoms with Crippen LogP contribution in [0.3, 0.4) is 0 Å². The third-order valence-corrected chi connectivity index (χ3v) is 3.57. The van der Waals surface area contributed by atoms with Gasteiger partial charge in [0.05, 0.1) is 0 Å². The summed E-state index contributed by atoms with van der Waals surface area (Å²) in [7, 11) is -3.06. The molecule has 74 valence electrons. The molecule has 13 heavy (non-hydrogen) atoms. The smallest absolute Gasteiger partial charge is 0.196 e. The van der Waals surface area contributed by atoms with Crippen LogP contribution in [-0.4, -0.2) is 20.1 Å². The first-order valence-electron chi connectivity index (χ1n) is 4.40. The van der Waals surface area contributed by atoms with Crippen molar-refractivity contribution in [2.24, 2.45) is 0 Å². The number of aliphatic hydroxyl groups excluding tert-OH is 1. The van der Waals surface area contributed by atoms with E-state index in [9.17, 15) is 8.42 Å². The monoisotopic (exact) mass is 202 g/mol. The molecule has 0 aromatic carbocycles. The van der Waals surface area contributed by atoms with Gasteiger partial charge in [0.1, 0.15) is 0 Å². The lowest BCUT2D eigenvalue weighted by Crippen LogP contribution is -1.96. The minimum atomic E-state index is -3.06. The Kier molecular flexibility index (Phi) is 3.69. The second kappa shape index (κ2) is 4.58. The Bertz CT molecular complexity index is 312. The van der Waals surface area contributed by atoms with Gasteiger partial charge in [-0.05, 0) is 31.4 Å². The molecule has 0 fully saturated rings. The van der Waals surface area contributed by atoms with Crippen molar-refractivity contribution in [3.63, 3.8) is 0 Å². The van der Waals surface area contributed by atoms with Gasteiger partial charge in [0.2, 0.25) is 0 Å². The number of allylic oxidation sites excluding steroid dienone is 3. The van der Waals surface area contributed by atoms with Gasteiger partial charge in [-0.25, -0.2) is 8.42 Å². The number of aliphatic hydroxyl groups is 1. The van der Waals surface area contributed by atoms with E-state index in [1.807, 2.05) is 0 Å². The number of rotatable bonds is 5. The molecule has 1 aliphatic heterocycles. The zero-order chi connectivity index (χ0) is 9.73. The summed E-state index contributed by atoms with van der Waals surface area (Å²) < 4.78 is 22.4. The molecule has 4 heteroatoms. The van der Waals surface area contributed by atoms with Crippen LogP contribution in [0.25, 0.3) is 0 Å². The van der Waals surface area contributed by atoms with Crippen LogP contribution >= 0.6 is 0 Å². The summed E-state index contributed by atoms with van der Waals surface area (Å²) in [4.78, 5) is 0.505. The third-order valence-electron chi connectivity index (χ3n) is 1.99. The lowest BCUT2D eigenvalue weighted by molar-refractivity contribution is 0.283. The standard InChI is InChI=1S/C9H14O3S/c10-7-3-1-2-5-9-6-4-8-13(9,11)12/h4,6,8,10H,1-3,5,7H2. The van der Waals surface area contributed by atoms with Crippen molar-refractivity contribution in [2.75, 3.05) is 6.61 Å². The number of hydrogen-bond acceptors (Lipinski definition) is 3. The van der Waals surface area contributed by atoms with Crippen molar-refractivity contribution < 1.29 is 13.5 Å². The minimum Gasteiger partial charge on any atom is -0.396 e. The summed E-state index contributed by atoms with van der Waals surface area (Å²) in [6.45, 7) is 0.185. The largest absolute Gasteiger partial charge is 0.396 e. The molecule has 0 bridgehead atoms. The van der Waals surface area contributed by atoms with Crippen molar-refractivity contribution in [3.8, 4) is 0 Å². The second-order valence-corrected chi connectivity index (χ2v) is 4.93. The summed E-state index contributed by atoms with van der Waals surface area (Å²) in [5, 5.41) is 9.75. The van der Waals surface area contributed by atoms with Gasteiger partial charge >= 0.3 is 0 Å². The average molecular weight is 202 g/mol. The molecule has 1 heterocycles. The van der Waals surface area contributed by atoms with Crippen LogP contribution in [0.5, 0.6) is 0 Å². The Morgan fingerprint density at radius 3 is 2.54 bits per heavy atom. The van der Waals surface area contributed by atoms with Crippen LogP contribution < -0.4 is 0 Å². The van der Waals surface area contributed by atoms with Gasteiger partial charge in [-0.15, -0.1) is 0 Å². The second-order valence-electron chi connectivity index (χ2n) is 3.04. The SMILES string of the molecule is O=S1(=O)C=CC=C1CCCCCO. The molecule has 0 saturated heterocycles. The minimum absolute atomic E-state index is 0.185. The average Bonchev–Trinajstić information content (AvgIpc) is 2.40. The lowest BCUT2D eigenvalue weighted by Gasteiger charge is -2.00.